The van der Waals surface area contributed by atoms with E-state index >= 15 is 0 Å². The molecule has 1 aliphatic rings. The van der Waals surface area contributed by atoms with Crippen molar-refractivity contribution in [3.63, 3.8) is 0 Å². The average molecular weight is 241 g/mol. The van der Waals surface area contributed by atoms with E-state index in [9.17, 15) is 4.79 Å². The van der Waals surface area contributed by atoms with Crippen LogP contribution in [0.15, 0.2) is 11.8 Å². The van der Waals surface area contributed by atoms with Crippen LogP contribution in [0.4, 0.5) is 0 Å². The topological polar surface area (TPSA) is 29.5 Å². The molecule has 0 bridgehead atoms. The van der Waals surface area contributed by atoms with Gasteiger partial charge in [-0.1, -0.05) is 19.6 Å². The lowest BCUT2D eigenvalue weighted by molar-refractivity contribution is -0.134. The van der Waals surface area contributed by atoms with Gasteiger partial charge >= 0.3 is 5.97 Å². The molecule has 16 heavy (non-hydrogen) atoms. The lowest BCUT2D eigenvalue weighted by atomic mass is 10.4. The van der Waals surface area contributed by atoms with E-state index in [4.69, 9.17) is 4.74 Å². The zero-order chi connectivity index (χ0) is 12.2. The second kappa shape index (κ2) is 5.52. The minimum atomic E-state index is -1.19. The van der Waals surface area contributed by atoms with Gasteiger partial charge in [-0.15, -0.1) is 0 Å². The van der Waals surface area contributed by atoms with Gasteiger partial charge in [-0.05, 0) is 18.9 Å². The number of rotatable bonds is 4. The molecule has 0 aromatic rings. The van der Waals surface area contributed by atoms with Crippen LogP contribution < -0.4 is 0 Å². The molecule has 1 aliphatic heterocycles. The average Bonchev–Trinajstić information content (AvgIpc) is 2.67. The third-order valence-corrected chi connectivity index (χ3v) is 4.13. The number of esters is 1. The van der Waals surface area contributed by atoms with Crippen molar-refractivity contribution in [2.24, 2.45) is 0 Å². The molecule has 0 radical (unpaired) electrons. The van der Waals surface area contributed by atoms with Gasteiger partial charge in [-0.3, -0.25) is 0 Å². The third kappa shape index (κ3) is 4.39. The first-order valence-corrected chi connectivity index (χ1v) is 9.66. The van der Waals surface area contributed by atoms with Crippen LogP contribution >= 0.6 is 0 Å². The summed E-state index contributed by atoms with van der Waals surface area (Å²) in [7, 11) is 0.254. The number of carbonyl (C=O) groups is 1. The van der Waals surface area contributed by atoms with Crippen LogP contribution in [0.1, 0.15) is 12.8 Å². The van der Waals surface area contributed by atoms with Crippen LogP contribution in [0.2, 0.25) is 25.7 Å². The Hall–Kier alpha value is -0.773. The maximum absolute atomic E-state index is 11.4. The summed E-state index contributed by atoms with van der Waals surface area (Å²) in [6.45, 7) is 9.16. The van der Waals surface area contributed by atoms with Crippen LogP contribution in [0.5, 0.6) is 0 Å². The minimum Gasteiger partial charge on any atom is -0.466 e. The molecule has 0 N–H and O–H groups in total. The number of ether oxygens (including phenoxy) is 1. The van der Waals surface area contributed by atoms with E-state index in [2.05, 4.69) is 24.5 Å². The van der Waals surface area contributed by atoms with E-state index in [0.29, 0.717) is 0 Å². The zero-order valence-electron chi connectivity index (χ0n) is 10.9. The van der Waals surface area contributed by atoms with Crippen molar-refractivity contribution in [2.45, 2.75) is 38.5 Å². The molecule has 0 aliphatic carbocycles. The molecule has 4 heteroatoms. The van der Waals surface area contributed by atoms with E-state index in [1.807, 2.05) is 0 Å². The van der Waals surface area contributed by atoms with Gasteiger partial charge in [0.05, 0.1) is 15.2 Å². The molecule has 92 valence electrons. The van der Waals surface area contributed by atoms with Gasteiger partial charge in [0.15, 0.2) is 0 Å². The molecule has 0 spiro atoms. The van der Waals surface area contributed by atoms with Gasteiger partial charge in [0.1, 0.15) is 0 Å². The highest BCUT2D eigenvalue weighted by Gasteiger charge is 2.22. The molecular weight excluding hydrogens is 218 g/mol. The Morgan fingerprint density at radius 1 is 1.31 bits per heavy atom. The van der Waals surface area contributed by atoms with Crippen molar-refractivity contribution >= 4 is 14.0 Å². The highest BCUT2D eigenvalue weighted by atomic mass is 28.3. The number of hydrogen-bond donors (Lipinski definition) is 0. The molecule has 3 nitrogen and oxygen atoms in total. The summed E-state index contributed by atoms with van der Waals surface area (Å²) in [6, 6.07) is 1.06. The Balaban J connectivity index is 2.76. The normalized spacial score (nSPS) is 17.8. The molecule has 0 atom stereocenters. The fourth-order valence-corrected chi connectivity index (χ4v) is 3.41. The first kappa shape index (κ1) is 13.3. The molecule has 0 unspecified atom stereocenters. The number of allylic oxidation sites excluding steroid dienone is 1. The van der Waals surface area contributed by atoms with Crippen molar-refractivity contribution < 1.29 is 9.53 Å². The SMILES string of the molecule is COC(=O)C=C(C[Si](C)(C)C)N1CCCC1. The van der Waals surface area contributed by atoms with E-state index in [0.717, 1.165) is 19.1 Å². The van der Waals surface area contributed by atoms with Crippen LogP contribution in [0.3, 0.4) is 0 Å². The van der Waals surface area contributed by atoms with Gasteiger partial charge in [0.2, 0.25) is 0 Å². The van der Waals surface area contributed by atoms with Gasteiger partial charge in [-0.25, -0.2) is 4.79 Å². The lowest BCUT2D eigenvalue weighted by Crippen LogP contribution is -2.28. The quantitative estimate of drug-likeness (QED) is 0.430. The Labute approximate surface area is 99.5 Å². The van der Waals surface area contributed by atoms with Crippen LogP contribution in [-0.4, -0.2) is 39.1 Å². The standard InChI is InChI=1S/C12H23NO2Si/c1-15-12(14)9-11(10-16(2,3)4)13-7-5-6-8-13/h9H,5-8,10H2,1-4H3. The first-order valence-electron chi connectivity index (χ1n) is 5.96. The Bertz CT molecular complexity index is 275. The van der Waals surface area contributed by atoms with Crippen molar-refractivity contribution in [3.05, 3.63) is 11.8 Å². The summed E-state index contributed by atoms with van der Waals surface area (Å²) in [5, 5.41) is 0. The molecular formula is C12H23NO2Si. The number of methoxy groups -OCH3 is 1. The molecule has 0 amide bonds. The maximum Gasteiger partial charge on any atom is 0.332 e. The van der Waals surface area contributed by atoms with E-state index in [1.165, 1.54) is 25.6 Å². The Kier molecular flexibility index (Phi) is 4.59. The Morgan fingerprint density at radius 3 is 2.31 bits per heavy atom. The highest BCUT2D eigenvalue weighted by Crippen LogP contribution is 2.23. The van der Waals surface area contributed by atoms with Gasteiger partial charge in [-0.2, -0.15) is 0 Å². The Morgan fingerprint density at radius 2 is 1.88 bits per heavy atom. The molecule has 0 aromatic carbocycles. The monoisotopic (exact) mass is 241 g/mol. The summed E-state index contributed by atoms with van der Waals surface area (Å²) in [5.41, 5.74) is 1.18. The number of hydrogen-bond acceptors (Lipinski definition) is 3. The molecule has 0 aromatic heterocycles. The van der Waals surface area contributed by atoms with Gasteiger partial charge < -0.3 is 9.64 Å². The number of likely N-dealkylation sites (tertiary alicyclic amines) is 1. The van der Waals surface area contributed by atoms with Crippen LogP contribution in [0, 0.1) is 0 Å². The molecule has 1 heterocycles. The zero-order valence-corrected chi connectivity index (χ0v) is 11.9. The summed E-state index contributed by atoms with van der Waals surface area (Å²) in [4.78, 5) is 13.7. The number of carbonyl (C=O) groups excluding carboxylic acids is 1. The largest absolute Gasteiger partial charge is 0.466 e. The summed E-state index contributed by atoms with van der Waals surface area (Å²) >= 11 is 0. The van der Waals surface area contributed by atoms with E-state index in [-0.39, 0.29) is 5.97 Å². The van der Waals surface area contributed by atoms with Crippen LogP contribution in [-0.2, 0) is 9.53 Å². The van der Waals surface area contributed by atoms with E-state index in [1.54, 1.807) is 6.08 Å². The summed E-state index contributed by atoms with van der Waals surface area (Å²) in [6.07, 6.45) is 4.16. The second-order valence-corrected chi connectivity index (χ2v) is 11.1. The van der Waals surface area contributed by atoms with Crippen molar-refractivity contribution in [1.29, 1.82) is 0 Å². The highest BCUT2D eigenvalue weighted by molar-refractivity contribution is 6.76. The van der Waals surface area contributed by atoms with Crippen molar-refractivity contribution in [2.75, 3.05) is 20.2 Å². The van der Waals surface area contributed by atoms with Gasteiger partial charge in [0, 0.05) is 24.9 Å². The smallest absolute Gasteiger partial charge is 0.332 e. The van der Waals surface area contributed by atoms with Crippen molar-refractivity contribution in [1.82, 2.24) is 4.90 Å². The summed E-state index contributed by atoms with van der Waals surface area (Å²) < 4.78 is 4.73. The molecule has 1 rings (SSSR count). The predicted molar refractivity (Wildman–Crippen MR) is 69.1 cm³/mol. The third-order valence-electron chi connectivity index (χ3n) is 2.71. The fourth-order valence-electron chi connectivity index (χ4n) is 2.00. The number of nitrogens with zero attached hydrogens (tertiary/aromatic N) is 1. The lowest BCUT2D eigenvalue weighted by Gasteiger charge is -2.26. The fraction of sp³-hybridized carbons (Fsp3) is 0.750. The second-order valence-electron chi connectivity index (χ2n) is 5.59. The molecule has 1 saturated heterocycles. The minimum absolute atomic E-state index is 0.222. The molecule has 1 fully saturated rings. The van der Waals surface area contributed by atoms with Gasteiger partial charge in [0.25, 0.3) is 0 Å². The van der Waals surface area contributed by atoms with Crippen molar-refractivity contribution in [3.8, 4) is 0 Å². The summed E-state index contributed by atoms with van der Waals surface area (Å²) in [5.74, 6) is -0.222. The predicted octanol–water partition coefficient (Wildman–Crippen LogP) is 2.48. The van der Waals surface area contributed by atoms with E-state index < -0.39 is 8.07 Å². The van der Waals surface area contributed by atoms with Crippen LogP contribution in [0.25, 0.3) is 0 Å². The maximum atomic E-state index is 11.4. The first-order chi connectivity index (χ1) is 7.42. The molecule has 0 saturated carbocycles.